The van der Waals surface area contributed by atoms with Gasteiger partial charge in [-0.25, -0.2) is 9.59 Å². The number of carbonyl (C=O) groups is 2. The monoisotopic (exact) mass is 265 g/mol. The number of nitrogens with zero attached hydrogens (tertiary/aromatic N) is 1. The number of benzene rings is 1. The molecule has 4 N–H and O–H groups in total. The van der Waals surface area contributed by atoms with Crippen molar-refractivity contribution in [2.45, 2.75) is 0 Å². The molecule has 1 fully saturated rings. The van der Waals surface area contributed by atoms with Gasteiger partial charge in [-0.3, -0.25) is 0 Å². The van der Waals surface area contributed by atoms with E-state index in [-0.39, 0.29) is 17.3 Å². The second-order valence-electron chi connectivity index (χ2n) is 4.14. The first-order valence-corrected chi connectivity index (χ1v) is 5.84. The number of aromatic carboxylic acids is 1. The Hall–Kier alpha value is -2.28. The summed E-state index contributed by atoms with van der Waals surface area (Å²) >= 11 is 0. The number of carboxylic acid groups (broad SMARTS) is 1. The molecule has 7 heteroatoms. The van der Waals surface area contributed by atoms with Crippen LogP contribution in [0.2, 0.25) is 0 Å². The number of nitrogen functional groups attached to an aromatic ring is 1. The summed E-state index contributed by atoms with van der Waals surface area (Å²) < 4.78 is 5.15. The van der Waals surface area contributed by atoms with E-state index in [1.54, 1.807) is 4.90 Å². The number of carbonyl (C=O) groups excluding carboxylic acids is 1. The Morgan fingerprint density at radius 2 is 2.00 bits per heavy atom. The van der Waals surface area contributed by atoms with E-state index in [1.807, 2.05) is 0 Å². The maximum atomic E-state index is 12.0. The maximum absolute atomic E-state index is 12.0. The van der Waals surface area contributed by atoms with Gasteiger partial charge in [-0.1, -0.05) is 0 Å². The van der Waals surface area contributed by atoms with Gasteiger partial charge in [-0.15, -0.1) is 0 Å². The molecule has 19 heavy (non-hydrogen) atoms. The largest absolute Gasteiger partial charge is 0.478 e. The number of ether oxygens (including phenoxy) is 1. The molecule has 7 nitrogen and oxygen atoms in total. The van der Waals surface area contributed by atoms with Gasteiger partial charge in [0, 0.05) is 18.8 Å². The molecule has 0 bridgehead atoms. The Morgan fingerprint density at radius 3 is 2.63 bits per heavy atom. The predicted octanol–water partition coefficient (Wildman–Crippen LogP) is 0.831. The molecule has 1 heterocycles. The molecule has 0 saturated carbocycles. The Balaban J connectivity index is 2.15. The molecule has 1 aromatic rings. The van der Waals surface area contributed by atoms with Crippen LogP contribution in [0, 0.1) is 0 Å². The van der Waals surface area contributed by atoms with Crippen molar-refractivity contribution < 1.29 is 19.4 Å². The van der Waals surface area contributed by atoms with Crippen LogP contribution < -0.4 is 11.1 Å². The summed E-state index contributed by atoms with van der Waals surface area (Å²) in [5.41, 5.74) is 6.20. The third kappa shape index (κ3) is 3.14. The zero-order valence-corrected chi connectivity index (χ0v) is 10.3. The molecule has 1 aliphatic heterocycles. The van der Waals surface area contributed by atoms with Crippen LogP contribution in [0.4, 0.5) is 16.2 Å². The highest BCUT2D eigenvalue weighted by molar-refractivity contribution is 6.00. The SMILES string of the molecule is Nc1ccc(C(=O)O)c(NC(=O)N2CCOCC2)c1. The lowest BCUT2D eigenvalue weighted by molar-refractivity contribution is 0.0564. The molecule has 0 aliphatic carbocycles. The predicted molar refractivity (Wildman–Crippen MR) is 69.2 cm³/mol. The van der Waals surface area contributed by atoms with E-state index in [0.717, 1.165) is 0 Å². The van der Waals surface area contributed by atoms with Crippen LogP contribution >= 0.6 is 0 Å². The average Bonchev–Trinajstić information content (AvgIpc) is 2.39. The smallest absolute Gasteiger partial charge is 0.337 e. The Morgan fingerprint density at radius 1 is 1.32 bits per heavy atom. The van der Waals surface area contributed by atoms with E-state index in [1.165, 1.54) is 18.2 Å². The number of amides is 2. The number of rotatable bonds is 2. The number of urea groups is 1. The Bertz CT molecular complexity index is 498. The van der Waals surface area contributed by atoms with Crippen LogP contribution in [0.25, 0.3) is 0 Å². The summed E-state index contributed by atoms with van der Waals surface area (Å²) in [6, 6.07) is 3.93. The average molecular weight is 265 g/mol. The van der Waals surface area contributed by atoms with E-state index < -0.39 is 5.97 Å². The van der Waals surface area contributed by atoms with E-state index in [9.17, 15) is 9.59 Å². The fourth-order valence-corrected chi connectivity index (χ4v) is 1.81. The zero-order chi connectivity index (χ0) is 13.8. The quantitative estimate of drug-likeness (QED) is 0.687. The van der Waals surface area contributed by atoms with Crippen LogP contribution in [0.1, 0.15) is 10.4 Å². The number of morpholine rings is 1. The highest BCUT2D eigenvalue weighted by Crippen LogP contribution is 2.20. The van der Waals surface area contributed by atoms with Crippen LogP contribution in [0.5, 0.6) is 0 Å². The third-order valence-corrected chi connectivity index (χ3v) is 2.81. The second-order valence-corrected chi connectivity index (χ2v) is 4.14. The second kappa shape index (κ2) is 5.57. The molecular formula is C12H15N3O4. The van der Waals surface area contributed by atoms with E-state index >= 15 is 0 Å². The summed E-state index contributed by atoms with van der Waals surface area (Å²) in [7, 11) is 0. The zero-order valence-electron chi connectivity index (χ0n) is 10.3. The molecule has 2 rings (SSSR count). The van der Waals surface area contributed by atoms with Crippen LogP contribution in [-0.4, -0.2) is 48.3 Å². The van der Waals surface area contributed by atoms with Crippen molar-refractivity contribution in [1.82, 2.24) is 4.90 Å². The number of nitrogens with one attached hydrogen (secondary N) is 1. The van der Waals surface area contributed by atoms with Crippen LogP contribution in [0.15, 0.2) is 18.2 Å². The van der Waals surface area contributed by atoms with Gasteiger partial charge < -0.3 is 25.8 Å². The minimum Gasteiger partial charge on any atom is -0.478 e. The summed E-state index contributed by atoms with van der Waals surface area (Å²) in [6.45, 7) is 1.93. The Labute approximate surface area is 109 Å². The molecule has 0 aromatic heterocycles. The van der Waals surface area contributed by atoms with Gasteiger partial charge >= 0.3 is 12.0 Å². The summed E-state index contributed by atoms with van der Waals surface area (Å²) in [5, 5.41) is 11.6. The molecule has 0 spiro atoms. The maximum Gasteiger partial charge on any atom is 0.337 e. The summed E-state index contributed by atoms with van der Waals surface area (Å²) in [4.78, 5) is 24.6. The molecule has 0 unspecified atom stereocenters. The Kier molecular flexibility index (Phi) is 3.86. The topological polar surface area (TPSA) is 105 Å². The standard InChI is InChI=1S/C12H15N3O4/c13-8-1-2-9(11(16)17)10(7-8)14-12(18)15-3-5-19-6-4-15/h1-2,7H,3-6,13H2,(H,14,18)(H,16,17). The minimum absolute atomic E-state index is 0.0100. The minimum atomic E-state index is -1.11. The lowest BCUT2D eigenvalue weighted by Crippen LogP contribution is -2.43. The van der Waals surface area contributed by atoms with Crippen molar-refractivity contribution in [1.29, 1.82) is 0 Å². The first-order valence-electron chi connectivity index (χ1n) is 5.84. The van der Waals surface area contributed by atoms with Crippen molar-refractivity contribution in [3.63, 3.8) is 0 Å². The van der Waals surface area contributed by atoms with Crippen molar-refractivity contribution in [3.8, 4) is 0 Å². The number of hydrogen-bond acceptors (Lipinski definition) is 4. The molecule has 0 radical (unpaired) electrons. The number of hydrogen-bond donors (Lipinski definition) is 3. The summed E-state index contributed by atoms with van der Waals surface area (Å²) in [5.74, 6) is -1.11. The third-order valence-electron chi connectivity index (χ3n) is 2.81. The highest BCUT2D eigenvalue weighted by Gasteiger charge is 2.19. The number of nitrogens with two attached hydrogens (primary N) is 1. The van der Waals surface area contributed by atoms with Gasteiger partial charge in [-0.05, 0) is 18.2 Å². The lowest BCUT2D eigenvalue weighted by atomic mass is 10.1. The molecule has 1 saturated heterocycles. The van der Waals surface area contributed by atoms with Crippen molar-refractivity contribution >= 4 is 23.4 Å². The molecule has 102 valence electrons. The fraction of sp³-hybridized carbons (Fsp3) is 0.333. The highest BCUT2D eigenvalue weighted by atomic mass is 16.5. The van der Waals surface area contributed by atoms with Gasteiger partial charge in [0.15, 0.2) is 0 Å². The van der Waals surface area contributed by atoms with E-state index in [0.29, 0.717) is 32.0 Å². The number of anilines is 2. The van der Waals surface area contributed by atoms with Gasteiger partial charge in [0.05, 0.1) is 24.5 Å². The normalized spacial score (nSPS) is 15.1. The van der Waals surface area contributed by atoms with Gasteiger partial charge in [-0.2, -0.15) is 0 Å². The van der Waals surface area contributed by atoms with Gasteiger partial charge in [0.2, 0.25) is 0 Å². The van der Waals surface area contributed by atoms with E-state index in [4.69, 9.17) is 15.6 Å². The fourth-order valence-electron chi connectivity index (χ4n) is 1.81. The first kappa shape index (κ1) is 13.2. The molecule has 1 aliphatic rings. The lowest BCUT2D eigenvalue weighted by Gasteiger charge is -2.27. The molecular weight excluding hydrogens is 250 g/mol. The van der Waals surface area contributed by atoms with Crippen molar-refractivity contribution in [2.75, 3.05) is 37.4 Å². The van der Waals surface area contributed by atoms with Crippen LogP contribution in [0.3, 0.4) is 0 Å². The first-order chi connectivity index (χ1) is 9.08. The number of carboxylic acids is 1. The van der Waals surface area contributed by atoms with Crippen molar-refractivity contribution in [3.05, 3.63) is 23.8 Å². The van der Waals surface area contributed by atoms with Crippen molar-refractivity contribution in [2.24, 2.45) is 0 Å². The van der Waals surface area contributed by atoms with Gasteiger partial charge in [0.25, 0.3) is 0 Å². The van der Waals surface area contributed by atoms with Crippen LogP contribution in [-0.2, 0) is 4.74 Å². The molecule has 0 atom stereocenters. The molecule has 1 aromatic carbocycles. The van der Waals surface area contributed by atoms with Gasteiger partial charge in [0.1, 0.15) is 0 Å². The summed E-state index contributed by atoms with van der Waals surface area (Å²) in [6.07, 6.45) is 0. The molecule has 2 amide bonds. The van der Waals surface area contributed by atoms with E-state index in [2.05, 4.69) is 5.32 Å².